The zero-order valence-electron chi connectivity index (χ0n) is 15.2. The van der Waals surface area contributed by atoms with Gasteiger partial charge in [-0.25, -0.2) is 9.78 Å². The molecule has 1 aliphatic rings. The Kier molecular flexibility index (Phi) is 6.44. The number of piperazine rings is 1. The number of nitrogens with zero attached hydrogens (tertiary/aromatic N) is 3. The molecule has 1 aromatic heterocycles. The number of rotatable bonds is 6. The molecular weight excluding hydrogens is 328 g/mol. The highest BCUT2D eigenvalue weighted by atomic mass is 16.5. The number of aromatic nitrogens is 1. The van der Waals surface area contributed by atoms with E-state index in [2.05, 4.69) is 39.5 Å². The van der Waals surface area contributed by atoms with Gasteiger partial charge in [0.1, 0.15) is 0 Å². The third kappa shape index (κ3) is 4.95. The molecule has 6 nitrogen and oxygen atoms in total. The molecule has 0 aliphatic carbocycles. The second-order valence-electron chi connectivity index (χ2n) is 6.31. The van der Waals surface area contributed by atoms with Crippen molar-refractivity contribution in [2.45, 2.75) is 20.0 Å². The van der Waals surface area contributed by atoms with Gasteiger partial charge in [-0.3, -0.25) is 4.90 Å². The summed E-state index contributed by atoms with van der Waals surface area (Å²) in [5.74, 6) is 0.586. The number of hydrogen-bond donors (Lipinski definition) is 1. The number of urea groups is 1. The smallest absolute Gasteiger partial charge is 0.317 e. The lowest BCUT2D eigenvalue weighted by Gasteiger charge is -2.34. The average Bonchev–Trinajstić information content (AvgIpc) is 2.69. The van der Waals surface area contributed by atoms with Gasteiger partial charge >= 0.3 is 6.03 Å². The third-order valence-electron chi connectivity index (χ3n) is 4.47. The molecule has 26 heavy (non-hydrogen) atoms. The first kappa shape index (κ1) is 18.2. The van der Waals surface area contributed by atoms with Crippen LogP contribution >= 0.6 is 0 Å². The summed E-state index contributed by atoms with van der Waals surface area (Å²) >= 11 is 0. The van der Waals surface area contributed by atoms with Crippen LogP contribution in [0.3, 0.4) is 0 Å². The largest absolute Gasteiger partial charge is 0.478 e. The second-order valence-corrected chi connectivity index (χ2v) is 6.31. The van der Waals surface area contributed by atoms with Gasteiger partial charge in [0.2, 0.25) is 5.88 Å². The van der Waals surface area contributed by atoms with Crippen molar-refractivity contribution in [2.75, 3.05) is 32.8 Å². The van der Waals surface area contributed by atoms with Crippen LogP contribution in [0.5, 0.6) is 5.88 Å². The van der Waals surface area contributed by atoms with Crippen LogP contribution in [-0.4, -0.2) is 53.6 Å². The van der Waals surface area contributed by atoms with Gasteiger partial charge in [0.25, 0.3) is 0 Å². The lowest BCUT2D eigenvalue weighted by molar-refractivity contribution is 0.135. The first-order valence-corrected chi connectivity index (χ1v) is 9.12. The summed E-state index contributed by atoms with van der Waals surface area (Å²) in [4.78, 5) is 20.9. The van der Waals surface area contributed by atoms with Gasteiger partial charge in [-0.2, -0.15) is 0 Å². The van der Waals surface area contributed by atoms with Crippen molar-refractivity contribution < 1.29 is 9.53 Å². The van der Waals surface area contributed by atoms with Gasteiger partial charge in [-0.1, -0.05) is 36.4 Å². The minimum atomic E-state index is -0.0318. The van der Waals surface area contributed by atoms with Crippen LogP contribution in [-0.2, 0) is 13.1 Å². The summed E-state index contributed by atoms with van der Waals surface area (Å²) in [5, 5.41) is 2.98. The van der Waals surface area contributed by atoms with Crippen molar-refractivity contribution in [1.29, 1.82) is 0 Å². The molecular formula is C20H26N4O2. The molecule has 0 bridgehead atoms. The van der Waals surface area contributed by atoms with Crippen LogP contribution in [0.25, 0.3) is 0 Å². The molecule has 0 saturated carbocycles. The zero-order chi connectivity index (χ0) is 18.2. The standard InChI is InChI=1S/C20H26N4O2/c1-2-26-19-18(9-6-10-21-19)15-22-20(25)24-13-11-23(12-14-24)16-17-7-4-3-5-8-17/h3-10H,2,11-16H2,1H3,(H,22,25). The summed E-state index contributed by atoms with van der Waals surface area (Å²) in [7, 11) is 0. The molecule has 1 saturated heterocycles. The van der Waals surface area contributed by atoms with E-state index in [1.807, 2.05) is 30.0 Å². The van der Waals surface area contributed by atoms with E-state index >= 15 is 0 Å². The van der Waals surface area contributed by atoms with Crippen molar-refractivity contribution in [2.24, 2.45) is 0 Å². The monoisotopic (exact) mass is 354 g/mol. The maximum Gasteiger partial charge on any atom is 0.317 e. The minimum absolute atomic E-state index is 0.0318. The van der Waals surface area contributed by atoms with Gasteiger partial charge in [0.05, 0.1) is 6.61 Å². The van der Waals surface area contributed by atoms with Gasteiger partial charge in [-0.05, 0) is 18.6 Å². The van der Waals surface area contributed by atoms with E-state index in [-0.39, 0.29) is 6.03 Å². The molecule has 1 N–H and O–H groups in total. The lowest BCUT2D eigenvalue weighted by atomic mass is 10.2. The first-order chi connectivity index (χ1) is 12.8. The molecule has 0 radical (unpaired) electrons. The Labute approximate surface area is 154 Å². The molecule has 6 heteroatoms. The van der Waals surface area contributed by atoms with E-state index in [4.69, 9.17) is 4.74 Å². The van der Waals surface area contributed by atoms with Crippen molar-refractivity contribution >= 4 is 6.03 Å². The van der Waals surface area contributed by atoms with Crippen LogP contribution in [0.15, 0.2) is 48.7 Å². The van der Waals surface area contributed by atoms with Crippen LogP contribution in [0.2, 0.25) is 0 Å². The van der Waals surface area contributed by atoms with Crippen LogP contribution < -0.4 is 10.1 Å². The highest BCUT2D eigenvalue weighted by Crippen LogP contribution is 2.14. The summed E-state index contributed by atoms with van der Waals surface area (Å²) in [6, 6.07) is 14.2. The number of hydrogen-bond acceptors (Lipinski definition) is 4. The van der Waals surface area contributed by atoms with Gasteiger partial charge in [0.15, 0.2) is 0 Å². The number of pyridine rings is 1. The molecule has 0 atom stereocenters. The number of benzene rings is 1. The Morgan fingerprint density at radius 1 is 1.12 bits per heavy atom. The molecule has 2 amide bonds. The minimum Gasteiger partial charge on any atom is -0.478 e. The number of ether oxygens (including phenoxy) is 1. The number of carbonyl (C=O) groups excluding carboxylic acids is 1. The molecule has 2 aromatic rings. The normalized spacial score (nSPS) is 14.9. The quantitative estimate of drug-likeness (QED) is 0.866. The van der Waals surface area contributed by atoms with Crippen molar-refractivity contribution in [1.82, 2.24) is 20.1 Å². The molecule has 2 heterocycles. The van der Waals surface area contributed by atoms with E-state index in [1.54, 1.807) is 6.20 Å². The number of nitrogens with one attached hydrogen (secondary N) is 1. The summed E-state index contributed by atoms with van der Waals surface area (Å²) < 4.78 is 5.50. The number of carbonyl (C=O) groups is 1. The average molecular weight is 354 g/mol. The summed E-state index contributed by atoms with van der Waals surface area (Å²) in [5.41, 5.74) is 2.20. The predicted octanol–water partition coefficient (Wildman–Crippen LogP) is 2.51. The van der Waals surface area contributed by atoms with Crippen LogP contribution in [0, 0.1) is 0 Å². The van der Waals surface area contributed by atoms with Gasteiger partial charge < -0.3 is 15.0 Å². The van der Waals surface area contributed by atoms with Crippen LogP contribution in [0.4, 0.5) is 4.79 Å². The van der Waals surface area contributed by atoms with Crippen molar-refractivity contribution in [3.63, 3.8) is 0 Å². The molecule has 0 spiro atoms. The van der Waals surface area contributed by atoms with Crippen molar-refractivity contribution in [3.8, 4) is 5.88 Å². The fourth-order valence-electron chi connectivity index (χ4n) is 3.06. The van der Waals surface area contributed by atoms with E-state index in [1.165, 1.54) is 5.56 Å². The molecule has 138 valence electrons. The summed E-state index contributed by atoms with van der Waals surface area (Å²) in [6.45, 7) is 7.09. The molecule has 1 fully saturated rings. The maximum absolute atomic E-state index is 12.4. The van der Waals surface area contributed by atoms with Crippen molar-refractivity contribution in [3.05, 3.63) is 59.8 Å². The Morgan fingerprint density at radius 2 is 1.88 bits per heavy atom. The molecule has 0 unspecified atom stereocenters. The second kappa shape index (κ2) is 9.20. The third-order valence-corrected chi connectivity index (χ3v) is 4.47. The molecule has 1 aromatic carbocycles. The van der Waals surface area contributed by atoms with E-state index in [0.29, 0.717) is 19.0 Å². The SMILES string of the molecule is CCOc1ncccc1CNC(=O)N1CCN(Cc2ccccc2)CC1. The fraction of sp³-hybridized carbons (Fsp3) is 0.400. The Hall–Kier alpha value is -2.60. The maximum atomic E-state index is 12.4. The predicted molar refractivity (Wildman–Crippen MR) is 101 cm³/mol. The summed E-state index contributed by atoms with van der Waals surface area (Å²) in [6.07, 6.45) is 1.70. The first-order valence-electron chi connectivity index (χ1n) is 9.12. The van der Waals surface area contributed by atoms with Crippen LogP contribution in [0.1, 0.15) is 18.1 Å². The molecule has 3 rings (SSSR count). The highest BCUT2D eigenvalue weighted by Gasteiger charge is 2.21. The van der Waals surface area contributed by atoms with E-state index < -0.39 is 0 Å². The zero-order valence-corrected chi connectivity index (χ0v) is 15.2. The molecule has 1 aliphatic heterocycles. The highest BCUT2D eigenvalue weighted by molar-refractivity contribution is 5.74. The van der Waals surface area contributed by atoms with E-state index in [0.717, 1.165) is 38.3 Å². The van der Waals surface area contributed by atoms with E-state index in [9.17, 15) is 4.79 Å². The van der Waals surface area contributed by atoms with Gasteiger partial charge in [-0.15, -0.1) is 0 Å². The Bertz CT molecular complexity index is 700. The fourth-order valence-corrected chi connectivity index (χ4v) is 3.06. The lowest BCUT2D eigenvalue weighted by Crippen LogP contribution is -2.51. The topological polar surface area (TPSA) is 57.7 Å². The van der Waals surface area contributed by atoms with Gasteiger partial charge in [0, 0.05) is 51.0 Å². The number of amides is 2. The Balaban J connectivity index is 1.45. The Morgan fingerprint density at radius 3 is 2.62 bits per heavy atom.